The van der Waals surface area contributed by atoms with Crippen LogP contribution >= 0.6 is 0 Å². The Morgan fingerprint density at radius 1 is 1.07 bits per heavy atom. The van der Waals surface area contributed by atoms with Crippen molar-refractivity contribution in [3.05, 3.63) is 77.9 Å². The van der Waals surface area contributed by atoms with Crippen LogP contribution in [0.1, 0.15) is 23.6 Å². The number of aliphatic imine (C=N–C) groups is 1. The van der Waals surface area contributed by atoms with Crippen LogP contribution in [0.15, 0.2) is 66.2 Å². The van der Waals surface area contributed by atoms with Gasteiger partial charge in [-0.15, -0.1) is 0 Å². The Hall–Kier alpha value is -3.41. The number of amidine groups is 1. The molecule has 1 aromatic heterocycles. The van der Waals surface area contributed by atoms with Crippen molar-refractivity contribution in [3.63, 3.8) is 0 Å². The molecule has 0 aliphatic carbocycles. The minimum absolute atomic E-state index is 0.194. The lowest BCUT2D eigenvalue weighted by Gasteiger charge is -2.26. The molecule has 0 amide bonds. The monoisotopic (exact) mass is 374 g/mol. The van der Waals surface area contributed by atoms with Gasteiger partial charge < -0.3 is 15.2 Å². The van der Waals surface area contributed by atoms with E-state index in [-0.39, 0.29) is 6.02 Å². The summed E-state index contributed by atoms with van der Waals surface area (Å²) in [4.78, 5) is 12.9. The van der Waals surface area contributed by atoms with Gasteiger partial charge in [-0.25, -0.2) is 15.0 Å². The van der Waals surface area contributed by atoms with E-state index in [1.807, 2.05) is 44.2 Å². The van der Waals surface area contributed by atoms with E-state index >= 15 is 0 Å². The Balaban J connectivity index is 1.83. The van der Waals surface area contributed by atoms with E-state index in [2.05, 4.69) is 22.1 Å². The highest BCUT2D eigenvalue weighted by Crippen LogP contribution is 2.40. The molecule has 1 aliphatic heterocycles. The molecule has 0 saturated carbocycles. The molecule has 28 heavy (non-hydrogen) atoms. The molecular formula is C22H22N4O2. The molecule has 0 bridgehead atoms. The number of rotatable bonds is 5. The van der Waals surface area contributed by atoms with Crippen molar-refractivity contribution < 1.29 is 9.47 Å². The second-order valence-electron chi connectivity index (χ2n) is 6.72. The summed E-state index contributed by atoms with van der Waals surface area (Å²) in [5.41, 5.74) is 10.2. The number of aryl methyl sites for hydroxylation is 1. The van der Waals surface area contributed by atoms with Crippen LogP contribution < -0.4 is 10.5 Å². The van der Waals surface area contributed by atoms with Gasteiger partial charge in [0.05, 0.1) is 6.61 Å². The lowest BCUT2D eigenvalue weighted by molar-refractivity contribution is 0.278. The van der Waals surface area contributed by atoms with Crippen LogP contribution in [0.25, 0.3) is 11.1 Å². The molecule has 0 saturated heterocycles. The summed E-state index contributed by atoms with van der Waals surface area (Å²) in [7, 11) is 0. The van der Waals surface area contributed by atoms with Crippen molar-refractivity contribution in [2.45, 2.75) is 19.4 Å². The van der Waals surface area contributed by atoms with Crippen molar-refractivity contribution in [3.8, 4) is 16.9 Å². The number of hydrogen-bond donors (Lipinski definition) is 1. The summed E-state index contributed by atoms with van der Waals surface area (Å²) >= 11 is 0. The third kappa shape index (κ3) is 3.17. The number of hydrogen-bond acceptors (Lipinski definition) is 6. The fourth-order valence-corrected chi connectivity index (χ4v) is 3.52. The van der Waals surface area contributed by atoms with Gasteiger partial charge in [0.2, 0.25) is 0 Å². The molecule has 2 aromatic carbocycles. The minimum atomic E-state index is -0.703. The third-order valence-electron chi connectivity index (χ3n) is 4.92. The molecule has 0 radical (unpaired) electrons. The predicted molar refractivity (Wildman–Crippen MR) is 108 cm³/mol. The van der Waals surface area contributed by atoms with Crippen LogP contribution in [0.5, 0.6) is 5.75 Å². The van der Waals surface area contributed by atoms with E-state index in [0.717, 1.165) is 33.6 Å². The fourth-order valence-electron chi connectivity index (χ4n) is 3.52. The van der Waals surface area contributed by atoms with Gasteiger partial charge in [0.25, 0.3) is 6.02 Å². The van der Waals surface area contributed by atoms with E-state index in [1.54, 1.807) is 12.4 Å². The average molecular weight is 374 g/mol. The van der Waals surface area contributed by atoms with Gasteiger partial charge >= 0.3 is 0 Å². The van der Waals surface area contributed by atoms with Gasteiger partial charge in [-0.05, 0) is 54.3 Å². The maximum absolute atomic E-state index is 5.93. The van der Waals surface area contributed by atoms with Crippen molar-refractivity contribution in [1.82, 2.24) is 9.97 Å². The van der Waals surface area contributed by atoms with Crippen molar-refractivity contribution in [2.24, 2.45) is 10.7 Å². The summed E-state index contributed by atoms with van der Waals surface area (Å²) in [6, 6.07) is 14.5. The van der Waals surface area contributed by atoms with Crippen molar-refractivity contribution >= 4 is 6.02 Å². The Bertz CT molecular complexity index is 1020. The Morgan fingerprint density at radius 3 is 2.54 bits per heavy atom. The fraction of sp³-hybridized carbons (Fsp3) is 0.227. The Kier molecular flexibility index (Phi) is 4.69. The SMILES string of the molecule is CCOc1ccc(C2(c3cccc(-c4cncnc4)c3)COC(N)=N2)cc1C. The Morgan fingerprint density at radius 2 is 1.86 bits per heavy atom. The van der Waals surface area contributed by atoms with E-state index < -0.39 is 5.54 Å². The number of nitrogens with two attached hydrogens (primary N) is 1. The summed E-state index contributed by atoms with van der Waals surface area (Å²) < 4.78 is 11.3. The average Bonchev–Trinajstić information content (AvgIpc) is 3.13. The lowest BCUT2D eigenvalue weighted by Crippen LogP contribution is -2.27. The highest BCUT2D eigenvalue weighted by Gasteiger charge is 2.40. The molecule has 1 aliphatic rings. The molecule has 1 unspecified atom stereocenters. The van der Waals surface area contributed by atoms with Gasteiger partial charge in [0.15, 0.2) is 5.54 Å². The van der Waals surface area contributed by atoms with Crippen LogP contribution in [0.4, 0.5) is 0 Å². The minimum Gasteiger partial charge on any atom is -0.494 e. The number of aromatic nitrogens is 2. The second-order valence-corrected chi connectivity index (χ2v) is 6.72. The number of nitrogens with zero attached hydrogens (tertiary/aromatic N) is 3. The summed E-state index contributed by atoms with van der Waals surface area (Å²) in [5.74, 6) is 0.868. The van der Waals surface area contributed by atoms with E-state index in [9.17, 15) is 0 Å². The maximum atomic E-state index is 5.93. The first-order valence-electron chi connectivity index (χ1n) is 9.20. The first-order chi connectivity index (χ1) is 13.6. The smallest absolute Gasteiger partial charge is 0.283 e. The predicted octanol–water partition coefficient (Wildman–Crippen LogP) is 3.44. The normalized spacial score (nSPS) is 18.4. The summed E-state index contributed by atoms with van der Waals surface area (Å²) in [5, 5.41) is 0. The van der Waals surface area contributed by atoms with Crippen molar-refractivity contribution in [2.75, 3.05) is 13.2 Å². The first-order valence-corrected chi connectivity index (χ1v) is 9.20. The van der Waals surface area contributed by atoms with Crippen LogP contribution in [0, 0.1) is 6.92 Å². The molecule has 6 nitrogen and oxygen atoms in total. The largest absolute Gasteiger partial charge is 0.494 e. The molecule has 0 spiro atoms. The van der Waals surface area contributed by atoms with E-state index in [0.29, 0.717) is 13.2 Å². The zero-order valence-electron chi connectivity index (χ0n) is 15.9. The third-order valence-corrected chi connectivity index (χ3v) is 4.92. The molecule has 3 aromatic rings. The summed E-state index contributed by atoms with van der Waals surface area (Å²) in [6.45, 7) is 4.98. The van der Waals surface area contributed by atoms with Crippen LogP contribution in [-0.2, 0) is 10.3 Å². The number of benzene rings is 2. The lowest BCUT2D eigenvalue weighted by atomic mass is 9.82. The molecule has 1 atom stereocenters. The molecular weight excluding hydrogens is 352 g/mol. The van der Waals surface area contributed by atoms with Crippen LogP contribution in [0.3, 0.4) is 0 Å². The van der Waals surface area contributed by atoms with E-state index in [4.69, 9.17) is 20.2 Å². The maximum Gasteiger partial charge on any atom is 0.283 e. The van der Waals surface area contributed by atoms with Gasteiger partial charge in [0.1, 0.15) is 18.7 Å². The standard InChI is InChI=1S/C22H22N4O2/c1-3-27-20-8-7-19(9-15(20)2)22(13-28-21(23)26-22)18-6-4-5-16(10-18)17-11-24-14-25-12-17/h4-12,14H,3,13H2,1-2H3,(H2,23,26). The van der Waals surface area contributed by atoms with Gasteiger partial charge in [-0.3, -0.25) is 0 Å². The zero-order chi connectivity index (χ0) is 19.6. The van der Waals surface area contributed by atoms with Crippen molar-refractivity contribution in [1.29, 1.82) is 0 Å². The Labute approximate surface area is 164 Å². The topological polar surface area (TPSA) is 82.6 Å². The van der Waals surface area contributed by atoms with Crippen LogP contribution in [-0.4, -0.2) is 29.2 Å². The quantitative estimate of drug-likeness (QED) is 0.740. The van der Waals surface area contributed by atoms with E-state index in [1.165, 1.54) is 6.33 Å². The first kappa shape index (κ1) is 18.0. The summed E-state index contributed by atoms with van der Waals surface area (Å²) in [6.07, 6.45) is 5.11. The molecule has 0 fully saturated rings. The molecule has 2 N–H and O–H groups in total. The van der Waals surface area contributed by atoms with Gasteiger partial charge in [0, 0.05) is 18.0 Å². The van der Waals surface area contributed by atoms with Crippen LogP contribution in [0.2, 0.25) is 0 Å². The highest BCUT2D eigenvalue weighted by molar-refractivity contribution is 5.75. The highest BCUT2D eigenvalue weighted by atomic mass is 16.5. The second kappa shape index (κ2) is 7.31. The molecule has 4 rings (SSSR count). The van der Waals surface area contributed by atoms with Gasteiger partial charge in [-0.2, -0.15) is 0 Å². The molecule has 2 heterocycles. The zero-order valence-corrected chi connectivity index (χ0v) is 15.9. The molecule has 142 valence electrons. The van der Waals surface area contributed by atoms with Gasteiger partial charge in [-0.1, -0.05) is 24.3 Å². The number of ether oxygens (including phenoxy) is 2. The molecule has 6 heteroatoms.